The van der Waals surface area contributed by atoms with Gasteiger partial charge in [-0.05, 0) is 39.7 Å². The lowest BCUT2D eigenvalue weighted by Crippen LogP contribution is -2.51. The van der Waals surface area contributed by atoms with E-state index >= 15 is 0 Å². The Morgan fingerprint density at radius 2 is 2.35 bits per heavy atom. The lowest BCUT2D eigenvalue weighted by molar-refractivity contribution is -0.0568. The van der Waals surface area contributed by atoms with E-state index in [1.165, 1.54) is 19.3 Å². The summed E-state index contributed by atoms with van der Waals surface area (Å²) >= 11 is 0. The average molecular weight is 237 g/mol. The van der Waals surface area contributed by atoms with Gasteiger partial charge in [-0.1, -0.05) is 0 Å². The number of nitriles is 1. The topological polar surface area (TPSA) is 48.3 Å². The number of hydrogen-bond donors (Lipinski definition) is 1. The van der Waals surface area contributed by atoms with Crippen LogP contribution in [0.3, 0.4) is 0 Å². The Balaban J connectivity index is 1.88. The standard InChI is InChI=1S/C13H23N3O/c1-13(10-14,15-2)6-7-16-8-9-17-12-5-3-4-11(12)16/h11-12,15H,3-9H2,1-2H3. The van der Waals surface area contributed by atoms with Gasteiger partial charge in [-0.15, -0.1) is 0 Å². The Bertz CT molecular complexity index is 302. The minimum Gasteiger partial charge on any atom is -0.375 e. The van der Waals surface area contributed by atoms with Gasteiger partial charge in [-0.3, -0.25) is 4.90 Å². The average Bonchev–Trinajstić information content (AvgIpc) is 2.84. The maximum atomic E-state index is 9.15. The third-order valence-electron chi connectivity index (χ3n) is 4.29. The van der Waals surface area contributed by atoms with Crippen molar-refractivity contribution in [1.29, 1.82) is 5.26 Å². The molecule has 0 radical (unpaired) electrons. The van der Waals surface area contributed by atoms with Gasteiger partial charge in [0.2, 0.25) is 0 Å². The molecule has 0 amide bonds. The third kappa shape index (κ3) is 2.79. The van der Waals surface area contributed by atoms with E-state index in [1.807, 2.05) is 14.0 Å². The Morgan fingerprint density at radius 1 is 1.53 bits per heavy atom. The van der Waals surface area contributed by atoms with E-state index in [0.29, 0.717) is 12.1 Å². The van der Waals surface area contributed by atoms with Gasteiger partial charge in [-0.2, -0.15) is 5.26 Å². The molecule has 1 heterocycles. The molecule has 1 aliphatic heterocycles. The molecular formula is C13H23N3O. The van der Waals surface area contributed by atoms with Crippen molar-refractivity contribution < 1.29 is 4.74 Å². The van der Waals surface area contributed by atoms with Crippen LogP contribution in [-0.4, -0.2) is 49.3 Å². The van der Waals surface area contributed by atoms with Gasteiger partial charge in [0.25, 0.3) is 0 Å². The first kappa shape index (κ1) is 12.8. The van der Waals surface area contributed by atoms with Crippen LogP contribution < -0.4 is 5.32 Å². The molecule has 4 heteroatoms. The predicted octanol–water partition coefficient (Wildman–Crippen LogP) is 1.13. The number of nitrogens with zero attached hydrogens (tertiary/aromatic N) is 2. The van der Waals surface area contributed by atoms with Crippen molar-refractivity contribution >= 4 is 0 Å². The molecule has 2 aliphatic rings. The SMILES string of the molecule is CNC(C)(C#N)CCN1CCOC2CCCC21. The Hall–Kier alpha value is -0.630. The molecule has 0 aromatic heterocycles. The molecule has 0 spiro atoms. The zero-order chi connectivity index (χ0) is 12.3. The predicted molar refractivity (Wildman–Crippen MR) is 66.6 cm³/mol. The summed E-state index contributed by atoms with van der Waals surface area (Å²) < 4.78 is 5.79. The van der Waals surface area contributed by atoms with Crippen molar-refractivity contribution in [2.24, 2.45) is 0 Å². The van der Waals surface area contributed by atoms with Crippen LogP contribution in [0.1, 0.15) is 32.6 Å². The van der Waals surface area contributed by atoms with E-state index < -0.39 is 5.54 Å². The molecule has 17 heavy (non-hydrogen) atoms. The van der Waals surface area contributed by atoms with Crippen molar-refractivity contribution in [1.82, 2.24) is 10.2 Å². The first-order valence-corrected chi connectivity index (χ1v) is 6.64. The first-order valence-electron chi connectivity index (χ1n) is 6.64. The van der Waals surface area contributed by atoms with Crippen LogP contribution in [0.25, 0.3) is 0 Å². The first-order chi connectivity index (χ1) is 8.18. The lowest BCUT2D eigenvalue weighted by atomic mass is 9.99. The van der Waals surface area contributed by atoms with Crippen molar-refractivity contribution in [2.75, 3.05) is 26.7 Å². The van der Waals surface area contributed by atoms with Gasteiger partial charge >= 0.3 is 0 Å². The van der Waals surface area contributed by atoms with E-state index in [2.05, 4.69) is 16.3 Å². The lowest BCUT2D eigenvalue weighted by Gasteiger charge is -2.38. The molecule has 0 aromatic rings. The summed E-state index contributed by atoms with van der Waals surface area (Å²) in [4.78, 5) is 2.52. The fraction of sp³-hybridized carbons (Fsp3) is 0.923. The van der Waals surface area contributed by atoms with Crippen LogP contribution in [0.2, 0.25) is 0 Å². The second kappa shape index (κ2) is 5.34. The molecule has 0 aromatic carbocycles. The van der Waals surface area contributed by atoms with Gasteiger partial charge in [-0.25, -0.2) is 0 Å². The molecule has 1 saturated carbocycles. The summed E-state index contributed by atoms with van der Waals surface area (Å²) in [7, 11) is 1.86. The van der Waals surface area contributed by atoms with Crippen molar-refractivity contribution in [3.63, 3.8) is 0 Å². The zero-order valence-corrected chi connectivity index (χ0v) is 10.9. The van der Waals surface area contributed by atoms with Crippen LogP contribution in [0, 0.1) is 11.3 Å². The molecule has 1 aliphatic carbocycles. The second-order valence-corrected chi connectivity index (χ2v) is 5.39. The molecule has 0 bridgehead atoms. The Labute approximate surface area is 104 Å². The third-order valence-corrected chi connectivity index (χ3v) is 4.29. The van der Waals surface area contributed by atoms with Gasteiger partial charge in [0.15, 0.2) is 0 Å². The summed E-state index contributed by atoms with van der Waals surface area (Å²) in [5.41, 5.74) is -0.396. The summed E-state index contributed by atoms with van der Waals surface area (Å²) in [6.07, 6.45) is 5.08. The zero-order valence-electron chi connectivity index (χ0n) is 10.9. The van der Waals surface area contributed by atoms with Crippen LogP contribution >= 0.6 is 0 Å². The molecular weight excluding hydrogens is 214 g/mol. The summed E-state index contributed by atoms with van der Waals surface area (Å²) in [5.74, 6) is 0. The molecule has 1 N–H and O–H groups in total. The number of nitrogens with one attached hydrogen (secondary N) is 1. The fourth-order valence-corrected chi connectivity index (χ4v) is 2.89. The normalized spacial score (nSPS) is 32.8. The van der Waals surface area contributed by atoms with Crippen LogP contribution in [0.4, 0.5) is 0 Å². The summed E-state index contributed by atoms with van der Waals surface area (Å²) in [6, 6.07) is 2.96. The smallest absolute Gasteiger partial charge is 0.104 e. The molecule has 96 valence electrons. The van der Waals surface area contributed by atoms with E-state index in [-0.39, 0.29) is 0 Å². The van der Waals surface area contributed by atoms with Gasteiger partial charge in [0.1, 0.15) is 5.54 Å². The molecule has 2 rings (SSSR count). The highest BCUT2D eigenvalue weighted by Crippen LogP contribution is 2.30. The molecule has 4 nitrogen and oxygen atoms in total. The maximum absolute atomic E-state index is 9.15. The molecule has 2 fully saturated rings. The Morgan fingerprint density at radius 3 is 3.06 bits per heavy atom. The monoisotopic (exact) mass is 237 g/mol. The number of fused-ring (bicyclic) bond motifs is 1. The van der Waals surface area contributed by atoms with E-state index in [1.54, 1.807) is 0 Å². The summed E-state index contributed by atoms with van der Waals surface area (Å²) in [5, 5.41) is 12.3. The highest BCUT2D eigenvalue weighted by molar-refractivity contribution is 5.03. The van der Waals surface area contributed by atoms with Crippen LogP contribution in [0.5, 0.6) is 0 Å². The van der Waals surface area contributed by atoms with Gasteiger partial charge < -0.3 is 10.1 Å². The quantitative estimate of drug-likeness (QED) is 0.796. The Kier molecular flexibility index (Phi) is 4.03. The number of hydrogen-bond acceptors (Lipinski definition) is 4. The van der Waals surface area contributed by atoms with Crippen molar-refractivity contribution in [3.8, 4) is 6.07 Å². The highest BCUT2D eigenvalue weighted by atomic mass is 16.5. The molecule has 1 saturated heterocycles. The highest BCUT2D eigenvalue weighted by Gasteiger charge is 2.36. The minimum absolute atomic E-state index is 0.396. The van der Waals surface area contributed by atoms with Crippen molar-refractivity contribution in [3.05, 3.63) is 0 Å². The second-order valence-electron chi connectivity index (χ2n) is 5.39. The number of morpholine rings is 1. The number of ether oxygens (including phenoxy) is 1. The van der Waals surface area contributed by atoms with Crippen LogP contribution in [0.15, 0.2) is 0 Å². The van der Waals surface area contributed by atoms with Crippen LogP contribution in [-0.2, 0) is 4.74 Å². The summed E-state index contributed by atoms with van der Waals surface area (Å²) in [6.45, 7) is 4.84. The maximum Gasteiger partial charge on any atom is 0.104 e. The van der Waals surface area contributed by atoms with Gasteiger partial charge in [0, 0.05) is 19.1 Å². The molecule has 3 atom stereocenters. The molecule has 3 unspecified atom stereocenters. The fourth-order valence-electron chi connectivity index (χ4n) is 2.89. The number of rotatable bonds is 4. The largest absolute Gasteiger partial charge is 0.375 e. The van der Waals surface area contributed by atoms with Crippen molar-refractivity contribution in [2.45, 2.75) is 50.3 Å². The minimum atomic E-state index is -0.396. The van der Waals surface area contributed by atoms with E-state index in [4.69, 9.17) is 10.00 Å². The van der Waals surface area contributed by atoms with Gasteiger partial charge in [0.05, 0.1) is 18.8 Å². The van der Waals surface area contributed by atoms with E-state index in [9.17, 15) is 0 Å². The van der Waals surface area contributed by atoms with E-state index in [0.717, 1.165) is 26.1 Å².